The molecule has 0 radical (unpaired) electrons. The highest BCUT2D eigenvalue weighted by Gasteiger charge is 2.29. The Balaban J connectivity index is 2.38. The van der Waals surface area contributed by atoms with Crippen molar-refractivity contribution in [1.29, 1.82) is 0 Å². The van der Waals surface area contributed by atoms with E-state index in [1.165, 1.54) is 0 Å². The van der Waals surface area contributed by atoms with Gasteiger partial charge in [0, 0.05) is 12.1 Å². The lowest BCUT2D eigenvalue weighted by atomic mass is 10.0. The number of benzene rings is 1. The maximum absolute atomic E-state index is 12.2. The predicted molar refractivity (Wildman–Crippen MR) is 69.6 cm³/mol. The SMILES string of the molecule is CS(C)(S)N1CCc2ccccc2C1=O. The van der Waals surface area contributed by atoms with Gasteiger partial charge in [0.1, 0.15) is 0 Å². The van der Waals surface area contributed by atoms with E-state index in [9.17, 15) is 4.79 Å². The van der Waals surface area contributed by atoms with E-state index >= 15 is 0 Å². The predicted octanol–water partition coefficient (Wildman–Crippen LogP) is 2.51. The van der Waals surface area contributed by atoms with Gasteiger partial charge in [-0.25, -0.2) is 0 Å². The number of fused-ring (bicyclic) bond motifs is 1. The molecule has 1 aromatic carbocycles. The molecule has 0 unspecified atom stereocenters. The Morgan fingerprint density at radius 1 is 1.33 bits per heavy atom. The Labute approximate surface area is 96.9 Å². The summed E-state index contributed by atoms with van der Waals surface area (Å²) < 4.78 is 1.90. The highest BCUT2D eigenvalue weighted by atomic mass is 33.1. The zero-order valence-corrected chi connectivity index (χ0v) is 10.6. The van der Waals surface area contributed by atoms with Gasteiger partial charge >= 0.3 is 0 Å². The quantitative estimate of drug-likeness (QED) is 0.592. The third kappa shape index (κ3) is 2.01. The maximum atomic E-state index is 12.2. The number of carbonyl (C=O) groups is 1. The van der Waals surface area contributed by atoms with Gasteiger partial charge in [-0.2, -0.15) is 0 Å². The Hall–Kier alpha value is -0.610. The van der Waals surface area contributed by atoms with Gasteiger partial charge in [-0.15, -0.1) is 20.9 Å². The molecular formula is C11H15NOS2. The van der Waals surface area contributed by atoms with Crippen LogP contribution in [0.1, 0.15) is 15.9 Å². The van der Waals surface area contributed by atoms with Gasteiger partial charge in [-0.3, -0.25) is 9.10 Å². The lowest BCUT2D eigenvalue weighted by molar-refractivity contribution is 0.0859. The van der Waals surface area contributed by atoms with Crippen LogP contribution in [-0.4, -0.2) is 29.3 Å². The second-order valence-electron chi connectivity index (χ2n) is 4.03. The molecule has 1 heterocycles. The second-order valence-corrected chi connectivity index (χ2v) is 9.60. The molecule has 0 bridgehead atoms. The van der Waals surface area contributed by atoms with Crippen LogP contribution in [0.15, 0.2) is 24.3 Å². The van der Waals surface area contributed by atoms with Crippen molar-refractivity contribution in [3.8, 4) is 0 Å². The first kappa shape index (κ1) is 10.9. The standard InChI is InChI=1S/C11H15NOS2/c1-15(2,14)12-8-7-9-5-3-4-6-10(9)11(12)13/h3-6,14H,7-8H2,1-2H3. The fourth-order valence-corrected chi connectivity index (χ4v) is 3.34. The Morgan fingerprint density at radius 3 is 2.67 bits per heavy atom. The topological polar surface area (TPSA) is 20.3 Å². The minimum atomic E-state index is -1.24. The van der Waals surface area contributed by atoms with Gasteiger partial charge in [0.25, 0.3) is 5.91 Å². The van der Waals surface area contributed by atoms with Crippen LogP contribution in [0.3, 0.4) is 0 Å². The number of nitrogens with zero attached hydrogens (tertiary/aromatic N) is 1. The summed E-state index contributed by atoms with van der Waals surface area (Å²) in [6, 6.07) is 7.84. The summed E-state index contributed by atoms with van der Waals surface area (Å²) in [7, 11) is -1.24. The van der Waals surface area contributed by atoms with Crippen LogP contribution in [-0.2, 0) is 6.42 Å². The number of carbonyl (C=O) groups excluding carboxylic acids is 1. The van der Waals surface area contributed by atoms with Gasteiger partial charge in [-0.05, 0) is 30.6 Å². The average Bonchev–Trinajstić information content (AvgIpc) is 2.16. The Morgan fingerprint density at radius 2 is 2.00 bits per heavy atom. The van der Waals surface area contributed by atoms with Crippen molar-refractivity contribution < 1.29 is 4.79 Å². The zero-order valence-electron chi connectivity index (χ0n) is 8.93. The number of thiol groups is 1. The molecule has 0 fully saturated rings. The molecule has 2 rings (SSSR count). The van der Waals surface area contributed by atoms with Crippen molar-refractivity contribution in [3.63, 3.8) is 0 Å². The largest absolute Gasteiger partial charge is 0.292 e. The summed E-state index contributed by atoms with van der Waals surface area (Å²) in [5, 5.41) is 0. The van der Waals surface area contributed by atoms with Crippen molar-refractivity contribution >= 4 is 26.8 Å². The van der Waals surface area contributed by atoms with Crippen LogP contribution in [0, 0.1) is 0 Å². The average molecular weight is 241 g/mol. The summed E-state index contributed by atoms with van der Waals surface area (Å²) in [5.74, 6) is 0.131. The first-order chi connectivity index (χ1) is 7.00. The molecule has 0 aliphatic carbocycles. The summed E-state index contributed by atoms with van der Waals surface area (Å²) in [6.07, 6.45) is 5.00. The van der Waals surface area contributed by atoms with E-state index in [0.29, 0.717) is 0 Å². The molecule has 0 saturated carbocycles. The fraction of sp³-hybridized carbons (Fsp3) is 0.364. The van der Waals surface area contributed by atoms with Gasteiger partial charge in [0.15, 0.2) is 0 Å². The first-order valence-corrected chi connectivity index (χ1v) is 8.32. The summed E-state index contributed by atoms with van der Waals surface area (Å²) in [6.45, 7) is 0.793. The molecule has 1 amide bonds. The molecule has 0 spiro atoms. The van der Waals surface area contributed by atoms with E-state index in [4.69, 9.17) is 0 Å². The van der Waals surface area contributed by atoms with Crippen LogP contribution in [0.5, 0.6) is 0 Å². The van der Waals surface area contributed by atoms with E-state index in [1.54, 1.807) is 0 Å². The van der Waals surface area contributed by atoms with E-state index in [-0.39, 0.29) is 5.91 Å². The molecule has 1 aromatic rings. The van der Waals surface area contributed by atoms with Crippen molar-refractivity contribution in [1.82, 2.24) is 4.31 Å². The monoisotopic (exact) mass is 241 g/mol. The third-order valence-electron chi connectivity index (χ3n) is 2.60. The lowest BCUT2D eigenvalue weighted by Crippen LogP contribution is -2.37. The smallest absolute Gasteiger partial charge is 0.263 e. The molecule has 1 aliphatic heterocycles. The molecule has 0 aromatic heterocycles. The number of hydrogen-bond acceptors (Lipinski definition) is 2. The van der Waals surface area contributed by atoms with E-state index in [0.717, 1.165) is 24.1 Å². The van der Waals surface area contributed by atoms with E-state index in [1.807, 2.05) is 41.1 Å². The van der Waals surface area contributed by atoms with Crippen molar-refractivity contribution in [3.05, 3.63) is 35.4 Å². The van der Waals surface area contributed by atoms with E-state index < -0.39 is 9.25 Å². The van der Waals surface area contributed by atoms with Gasteiger partial charge in [-0.1, -0.05) is 18.2 Å². The molecule has 0 atom stereocenters. The van der Waals surface area contributed by atoms with Gasteiger partial charge < -0.3 is 0 Å². The van der Waals surface area contributed by atoms with Gasteiger partial charge in [0.2, 0.25) is 0 Å². The summed E-state index contributed by atoms with van der Waals surface area (Å²) >= 11 is 4.54. The van der Waals surface area contributed by atoms with Crippen LogP contribution in [0.25, 0.3) is 0 Å². The van der Waals surface area contributed by atoms with Crippen LogP contribution in [0.4, 0.5) is 0 Å². The Kier molecular flexibility index (Phi) is 2.73. The lowest BCUT2D eigenvalue weighted by Gasteiger charge is -2.41. The van der Waals surface area contributed by atoms with Crippen LogP contribution in [0.2, 0.25) is 0 Å². The van der Waals surface area contributed by atoms with Crippen LogP contribution < -0.4 is 0 Å². The third-order valence-corrected chi connectivity index (χ3v) is 4.62. The summed E-state index contributed by atoms with van der Waals surface area (Å²) in [5.41, 5.74) is 2.01. The van der Waals surface area contributed by atoms with Gasteiger partial charge in [0.05, 0.1) is 0 Å². The minimum absolute atomic E-state index is 0.131. The molecule has 1 aliphatic rings. The Bertz CT molecular complexity index is 398. The van der Waals surface area contributed by atoms with Crippen molar-refractivity contribution in [2.45, 2.75) is 6.42 Å². The highest BCUT2D eigenvalue weighted by Crippen LogP contribution is 2.50. The zero-order chi connectivity index (χ0) is 11.1. The molecule has 0 saturated heterocycles. The maximum Gasteiger partial charge on any atom is 0.263 e. The molecule has 2 nitrogen and oxygen atoms in total. The van der Waals surface area contributed by atoms with Crippen LogP contribution >= 0.6 is 20.9 Å². The van der Waals surface area contributed by atoms with E-state index in [2.05, 4.69) is 11.7 Å². The molecular weight excluding hydrogens is 226 g/mol. The first-order valence-electron chi connectivity index (χ1n) is 4.86. The van der Waals surface area contributed by atoms with Crippen molar-refractivity contribution in [2.75, 3.05) is 19.1 Å². The molecule has 82 valence electrons. The van der Waals surface area contributed by atoms with Crippen molar-refractivity contribution in [2.24, 2.45) is 0 Å². The molecule has 4 heteroatoms. The second kappa shape index (κ2) is 3.76. The minimum Gasteiger partial charge on any atom is -0.292 e. The molecule has 15 heavy (non-hydrogen) atoms. The normalized spacial score (nSPS) is 17.5. The number of amides is 1. The fourth-order valence-electron chi connectivity index (χ4n) is 1.83. The number of hydrogen-bond donors (Lipinski definition) is 1. The number of rotatable bonds is 1. The summed E-state index contributed by atoms with van der Waals surface area (Å²) in [4.78, 5) is 12.2. The molecule has 0 N–H and O–H groups in total. The highest BCUT2D eigenvalue weighted by molar-refractivity contribution is 8.86.